The van der Waals surface area contributed by atoms with E-state index < -0.39 is 11.9 Å². The number of tetrazole rings is 1. The number of aryl methyl sites for hydroxylation is 1. The minimum Gasteiger partial charge on any atom is -0.481 e. The van der Waals surface area contributed by atoms with E-state index in [1.165, 1.54) is 5.56 Å². The average molecular weight is 318 g/mol. The molecule has 1 heterocycles. The minimum atomic E-state index is -0.784. The maximum absolute atomic E-state index is 11.0. The largest absolute Gasteiger partial charge is 0.481 e. The van der Waals surface area contributed by atoms with Gasteiger partial charge in [0, 0.05) is 6.42 Å². The SMILES string of the molecule is CC(C)CCC[C@H](Cc1nn[nH]n1)C(=O)O.Cc1ccccc1. The molecule has 2 aromatic rings. The molecule has 0 amide bonds. The van der Waals surface area contributed by atoms with Gasteiger partial charge in [0.05, 0.1) is 5.92 Å². The molecule has 1 aromatic heterocycles. The standard InChI is InChI=1S/C10H18N4O2.C7H8/c1-7(2)4-3-5-8(10(15)16)6-9-11-13-14-12-9;1-7-5-3-2-4-6-7/h7-8H,3-6H2,1-2H3,(H,15,16)(H,11,12,13,14);2-6H,1H3/t8-;/m1./s1. The maximum atomic E-state index is 11.0. The third-order valence-corrected chi connectivity index (χ3v) is 3.44. The number of aromatic nitrogens is 4. The molecule has 0 aliphatic heterocycles. The monoisotopic (exact) mass is 318 g/mol. The van der Waals surface area contributed by atoms with Crippen LogP contribution in [0.4, 0.5) is 0 Å². The number of aromatic amines is 1. The summed E-state index contributed by atoms with van der Waals surface area (Å²) in [5.74, 6) is -0.110. The van der Waals surface area contributed by atoms with E-state index >= 15 is 0 Å². The van der Waals surface area contributed by atoms with E-state index in [0.29, 0.717) is 24.6 Å². The fourth-order valence-electron chi connectivity index (χ4n) is 2.11. The molecule has 0 radical (unpaired) electrons. The fourth-order valence-corrected chi connectivity index (χ4v) is 2.11. The number of benzene rings is 1. The molecule has 2 N–H and O–H groups in total. The predicted molar refractivity (Wildman–Crippen MR) is 88.9 cm³/mol. The molecule has 2 rings (SSSR count). The smallest absolute Gasteiger partial charge is 0.306 e. The quantitative estimate of drug-likeness (QED) is 0.817. The molecule has 0 unspecified atom stereocenters. The molecule has 0 bridgehead atoms. The van der Waals surface area contributed by atoms with Crippen molar-refractivity contribution in [2.24, 2.45) is 11.8 Å². The molecule has 6 nitrogen and oxygen atoms in total. The maximum Gasteiger partial charge on any atom is 0.306 e. The lowest BCUT2D eigenvalue weighted by Crippen LogP contribution is -2.17. The molecule has 1 aromatic carbocycles. The first-order valence-electron chi connectivity index (χ1n) is 7.95. The Kier molecular flexibility index (Phi) is 8.57. The van der Waals surface area contributed by atoms with Gasteiger partial charge in [-0.1, -0.05) is 67.8 Å². The van der Waals surface area contributed by atoms with E-state index in [4.69, 9.17) is 5.11 Å². The van der Waals surface area contributed by atoms with E-state index in [-0.39, 0.29) is 0 Å². The number of rotatable bonds is 7. The molecule has 0 fully saturated rings. The summed E-state index contributed by atoms with van der Waals surface area (Å²) >= 11 is 0. The molecular formula is C17H26N4O2. The Morgan fingerprint density at radius 3 is 2.35 bits per heavy atom. The van der Waals surface area contributed by atoms with Gasteiger partial charge < -0.3 is 5.11 Å². The molecular weight excluding hydrogens is 292 g/mol. The van der Waals surface area contributed by atoms with E-state index in [9.17, 15) is 4.79 Å². The first-order chi connectivity index (χ1) is 11.0. The fraction of sp³-hybridized carbons (Fsp3) is 0.529. The van der Waals surface area contributed by atoms with Crippen LogP contribution in [-0.4, -0.2) is 31.7 Å². The molecule has 1 atom stereocenters. The first-order valence-corrected chi connectivity index (χ1v) is 7.95. The van der Waals surface area contributed by atoms with Crippen molar-refractivity contribution in [3.05, 3.63) is 41.7 Å². The van der Waals surface area contributed by atoms with Crippen molar-refractivity contribution in [1.29, 1.82) is 0 Å². The minimum absolute atomic E-state index is 0.351. The third kappa shape index (κ3) is 8.70. The lowest BCUT2D eigenvalue weighted by molar-refractivity contribution is -0.142. The summed E-state index contributed by atoms with van der Waals surface area (Å²) < 4.78 is 0. The molecule has 23 heavy (non-hydrogen) atoms. The molecule has 0 spiro atoms. The van der Waals surface area contributed by atoms with E-state index in [1.54, 1.807) is 0 Å². The molecule has 0 saturated carbocycles. The van der Waals surface area contributed by atoms with Crippen LogP contribution in [0.5, 0.6) is 0 Å². The molecule has 0 aliphatic rings. The summed E-state index contributed by atoms with van der Waals surface area (Å²) in [7, 11) is 0. The Morgan fingerprint density at radius 2 is 1.91 bits per heavy atom. The van der Waals surface area contributed by atoms with Crippen LogP contribution in [0.3, 0.4) is 0 Å². The highest BCUT2D eigenvalue weighted by Crippen LogP contribution is 2.15. The lowest BCUT2D eigenvalue weighted by atomic mass is 9.95. The van der Waals surface area contributed by atoms with Crippen LogP contribution in [0.15, 0.2) is 30.3 Å². The Labute approximate surface area is 137 Å². The summed E-state index contributed by atoms with van der Waals surface area (Å²) in [6.45, 7) is 6.35. The Morgan fingerprint density at radius 1 is 1.22 bits per heavy atom. The zero-order valence-corrected chi connectivity index (χ0v) is 14.1. The second kappa shape index (κ2) is 10.5. The van der Waals surface area contributed by atoms with Crippen LogP contribution in [0.25, 0.3) is 0 Å². The number of carbonyl (C=O) groups is 1. The van der Waals surface area contributed by atoms with Crippen molar-refractivity contribution in [1.82, 2.24) is 20.6 Å². The van der Waals surface area contributed by atoms with Crippen molar-refractivity contribution < 1.29 is 9.90 Å². The van der Waals surface area contributed by atoms with Gasteiger partial charge in [-0.2, -0.15) is 5.21 Å². The topological polar surface area (TPSA) is 91.8 Å². The van der Waals surface area contributed by atoms with Gasteiger partial charge in [-0.3, -0.25) is 4.79 Å². The first kappa shape index (κ1) is 18.8. The highest BCUT2D eigenvalue weighted by Gasteiger charge is 2.19. The molecule has 126 valence electrons. The van der Waals surface area contributed by atoms with Gasteiger partial charge in [-0.05, 0) is 19.3 Å². The van der Waals surface area contributed by atoms with E-state index in [1.807, 2.05) is 18.2 Å². The van der Waals surface area contributed by atoms with Crippen LogP contribution >= 0.6 is 0 Å². The lowest BCUT2D eigenvalue weighted by Gasteiger charge is -2.10. The van der Waals surface area contributed by atoms with Crippen molar-refractivity contribution in [3.8, 4) is 0 Å². The number of nitrogens with zero attached hydrogens (tertiary/aromatic N) is 3. The summed E-state index contributed by atoms with van der Waals surface area (Å²) in [6, 6.07) is 10.3. The van der Waals surface area contributed by atoms with E-state index in [2.05, 4.69) is 53.5 Å². The van der Waals surface area contributed by atoms with E-state index in [0.717, 1.165) is 12.8 Å². The van der Waals surface area contributed by atoms with Gasteiger partial charge in [0.25, 0.3) is 0 Å². The average Bonchev–Trinajstić information content (AvgIpc) is 3.00. The van der Waals surface area contributed by atoms with Gasteiger partial charge >= 0.3 is 5.97 Å². The molecule has 6 heteroatoms. The number of nitrogens with one attached hydrogen (secondary N) is 1. The van der Waals surface area contributed by atoms with Crippen molar-refractivity contribution in [3.63, 3.8) is 0 Å². The highest BCUT2D eigenvalue weighted by atomic mass is 16.4. The number of carboxylic acid groups (broad SMARTS) is 1. The zero-order chi connectivity index (χ0) is 17.1. The number of aliphatic carboxylic acids is 1. The number of hydrogen-bond acceptors (Lipinski definition) is 4. The third-order valence-electron chi connectivity index (χ3n) is 3.44. The molecule has 0 aliphatic carbocycles. The van der Waals surface area contributed by atoms with Crippen LogP contribution < -0.4 is 0 Å². The Bertz CT molecular complexity index is 541. The Hall–Kier alpha value is -2.24. The number of H-pyrrole nitrogens is 1. The Balaban J connectivity index is 0.000000313. The van der Waals surface area contributed by atoms with Gasteiger partial charge in [-0.15, -0.1) is 10.2 Å². The van der Waals surface area contributed by atoms with Crippen molar-refractivity contribution in [2.75, 3.05) is 0 Å². The summed E-state index contributed by atoms with van der Waals surface area (Å²) in [5, 5.41) is 22.3. The highest BCUT2D eigenvalue weighted by molar-refractivity contribution is 5.70. The molecule has 0 saturated heterocycles. The van der Waals surface area contributed by atoms with Crippen molar-refractivity contribution in [2.45, 2.75) is 46.5 Å². The van der Waals surface area contributed by atoms with Gasteiger partial charge in [-0.25, -0.2) is 0 Å². The van der Waals surface area contributed by atoms with Crippen LogP contribution in [0, 0.1) is 18.8 Å². The second-order valence-corrected chi connectivity index (χ2v) is 6.05. The number of carboxylic acids is 1. The number of hydrogen-bond donors (Lipinski definition) is 2. The van der Waals surface area contributed by atoms with Gasteiger partial charge in [0.2, 0.25) is 0 Å². The summed E-state index contributed by atoms with van der Waals surface area (Å²) in [6.07, 6.45) is 2.99. The van der Waals surface area contributed by atoms with Crippen LogP contribution in [-0.2, 0) is 11.2 Å². The normalized spacial score (nSPS) is 11.7. The second-order valence-electron chi connectivity index (χ2n) is 6.05. The summed E-state index contributed by atoms with van der Waals surface area (Å²) in [5.41, 5.74) is 1.32. The predicted octanol–water partition coefficient (Wildman–Crippen LogP) is 3.26. The van der Waals surface area contributed by atoms with Gasteiger partial charge in [0.15, 0.2) is 5.82 Å². The van der Waals surface area contributed by atoms with Crippen LogP contribution in [0.1, 0.15) is 44.5 Å². The van der Waals surface area contributed by atoms with Gasteiger partial charge in [0.1, 0.15) is 0 Å². The van der Waals surface area contributed by atoms with Crippen molar-refractivity contribution >= 4 is 5.97 Å². The summed E-state index contributed by atoms with van der Waals surface area (Å²) in [4.78, 5) is 11.0. The zero-order valence-electron chi connectivity index (χ0n) is 14.1. The van der Waals surface area contributed by atoms with Crippen LogP contribution in [0.2, 0.25) is 0 Å².